The minimum atomic E-state index is -0.378. The number of halogens is 1. The number of rotatable bonds is 7. The molecule has 6 nitrogen and oxygen atoms in total. The lowest BCUT2D eigenvalue weighted by Gasteiger charge is -1.99. The van der Waals surface area contributed by atoms with E-state index in [-0.39, 0.29) is 23.0 Å². The Kier molecular flexibility index (Phi) is 6.50. The monoisotopic (exact) mass is 361 g/mol. The molecule has 2 aromatic carbocycles. The quantitative estimate of drug-likeness (QED) is 0.256. The number of nitro groups is 1. The second kappa shape index (κ2) is 8.60. The molecule has 0 saturated carbocycles. The molecule has 0 spiro atoms. The van der Waals surface area contributed by atoms with Gasteiger partial charge in [-0.05, 0) is 36.8 Å². The molecule has 0 N–H and O–H groups in total. The van der Waals surface area contributed by atoms with Gasteiger partial charge in [0.2, 0.25) is 6.33 Å². The van der Waals surface area contributed by atoms with E-state index in [2.05, 4.69) is 27.6 Å². The largest absolute Gasteiger partial charge is 1.00 e. The molecule has 0 saturated heterocycles. The van der Waals surface area contributed by atoms with E-state index < -0.39 is 0 Å². The lowest BCUT2D eigenvalue weighted by Crippen LogP contribution is -3.00. The second-order valence-electron chi connectivity index (χ2n) is 5.55. The molecule has 1 heterocycles. The van der Waals surface area contributed by atoms with Crippen molar-refractivity contribution in [3.05, 3.63) is 70.5 Å². The van der Waals surface area contributed by atoms with Crippen LogP contribution in [0.3, 0.4) is 0 Å². The van der Waals surface area contributed by atoms with E-state index >= 15 is 0 Å². The lowest BCUT2D eigenvalue weighted by molar-refractivity contribution is -0.663. The van der Waals surface area contributed by atoms with Gasteiger partial charge in [0, 0.05) is 18.7 Å². The zero-order chi connectivity index (χ0) is 16.9. The number of aromatic nitrogens is 2. The standard InChI is InChI=1S/C18H20N3O3.ClH/c1-2-24-12-11-19-14-20(18-6-4-3-5-17(18)19)13-15-7-9-16(10-8-15)21(22)23;/h3-10,14H,2,11-13H2,1H3;1H/q+1;/p-1. The van der Waals surface area contributed by atoms with Crippen LogP contribution in [-0.2, 0) is 17.8 Å². The van der Waals surface area contributed by atoms with Gasteiger partial charge in [-0.15, -0.1) is 0 Å². The van der Waals surface area contributed by atoms with Gasteiger partial charge >= 0.3 is 0 Å². The van der Waals surface area contributed by atoms with Crippen molar-refractivity contribution in [1.82, 2.24) is 4.57 Å². The van der Waals surface area contributed by atoms with Crippen LogP contribution in [0.2, 0.25) is 0 Å². The first-order chi connectivity index (χ1) is 11.7. The van der Waals surface area contributed by atoms with E-state index in [0.717, 1.165) is 23.1 Å². The summed E-state index contributed by atoms with van der Waals surface area (Å²) in [6.07, 6.45) is 2.07. The van der Waals surface area contributed by atoms with Crippen molar-refractivity contribution in [1.29, 1.82) is 0 Å². The van der Waals surface area contributed by atoms with Crippen molar-refractivity contribution in [2.75, 3.05) is 13.2 Å². The number of imidazole rings is 1. The minimum Gasteiger partial charge on any atom is -1.00 e. The summed E-state index contributed by atoms with van der Waals surface area (Å²) in [4.78, 5) is 10.4. The van der Waals surface area contributed by atoms with Crippen LogP contribution in [-0.4, -0.2) is 22.7 Å². The van der Waals surface area contributed by atoms with Gasteiger partial charge in [0.25, 0.3) is 5.69 Å². The average molecular weight is 362 g/mol. The first-order valence-electron chi connectivity index (χ1n) is 7.97. The molecule has 1 aromatic heterocycles. The number of hydrogen-bond donors (Lipinski definition) is 0. The summed E-state index contributed by atoms with van der Waals surface area (Å²) in [6.45, 7) is 4.83. The Labute approximate surface area is 152 Å². The molecule has 3 rings (SSSR count). The molecule has 25 heavy (non-hydrogen) atoms. The number of nitro benzene ring substituents is 1. The van der Waals surface area contributed by atoms with Gasteiger partial charge in [0.05, 0.1) is 11.5 Å². The molecule has 0 radical (unpaired) electrons. The predicted octanol–water partition coefficient (Wildman–Crippen LogP) is -0.0742. The maximum absolute atomic E-state index is 10.8. The van der Waals surface area contributed by atoms with E-state index in [1.54, 1.807) is 24.3 Å². The highest BCUT2D eigenvalue weighted by Gasteiger charge is 2.15. The van der Waals surface area contributed by atoms with E-state index in [0.29, 0.717) is 19.8 Å². The maximum Gasteiger partial charge on any atom is 0.269 e. The van der Waals surface area contributed by atoms with Crippen molar-refractivity contribution in [3.8, 4) is 0 Å². The predicted molar refractivity (Wildman–Crippen MR) is 90.8 cm³/mol. The Bertz CT molecular complexity index is 846. The Hall–Kier alpha value is -2.44. The van der Waals surface area contributed by atoms with Crippen molar-refractivity contribution in [2.24, 2.45) is 0 Å². The lowest BCUT2D eigenvalue weighted by atomic mass is 10.2. The fourth-order valence-electron chi connectivity index (χ4n) is 2.77. The van der Waals surface area contributed by atoms with E-state index in [4.69, 9.17) is 4.74 Å². The number of benzene rings is 2. The SMILES string of the molecule is CCOCCn1c[n+](Cc2ccc([N+](=O)[O-])cc2)c2ccccc21.[Cl-]. The Morgan fingerprint density at radius 3 is 2.56 bits per heavy atom. The molecule has 0 bridgehead atoms. The Morgan fingerprint density at radius 1 is 1.16 bits per heavy atom. The molecule has 0 fully saturated rings. The number of ether oxygens (including phenoxy) is 1. The summed E-state index contributed by atoms with van der Waals surface area (Å²) in [5.74, 6) is 0. The van der Waals surface area contributed by atoms with Crippen molar-refractivity contribution in [2.45, 2.75) is 20.0 Å². The number of para-hydroxylation sites is 2. The Balaban J connectivity index is 0.00000225. The zero-order valence-corrected chi connectivity index (χ0v) is 14.7. The normalized spacial score (nSPS) is 10.6. The summed E-state index contributed by atoms with van der Waals surface area (Å²) < 4.78 is 9.79. The van der Waals surface area contributed by atoms with Crippen molar-refractivity contribution >= 4 is 16.7 Å². The van der Waals surface area contributed by atoms with Gasteiger partial charge in [-0.25, -0.2) is 9.13 Å². The average Bonchev–Trinajstić information content (AvgIpc) is 2.94. The fraction of sp³-hybridized carbons (Fsp3) is 0.278. The topological polar surface area (TPSA) is 61.2 Å². The highest BCUT2D eigenvalue weighted by molar-refractivity contribution is 5.71. The minimum absolute atomic E-state index is 0. The summed E-state index contributed by atoms with van der Waals surface area (Å²) >= 11 is 0. The van der Waals surface area contributed by atoms with E-state index in [1.165, 1.54) is 0 Å². The molecule has 0 aliphatic rings. The molecule has 0 aliphatic heterocycles. The number of nitrogens with zero attached hydrogens (tertiary/aromatic N) is 3. The molecule has 0 atom stereocenters. The zero-order valence-electron chi connectivity index (χ0n) is 14.0. The smallest absolute Gasteiger partial charge is 0.269 e. The van der Waals surface area contributed by atoms with Crippen LogP contribution in [0.1, 0.15) is 12.5 Å². The van der Waals surface area contributed by atoms with Crippen LogP contribution in [0.4, 0.5) is 5.69 Å². The third-order valence-corrected chi connectivity index (χ3v) is 3.96. The van der Waals surface area contributed by atoms with Crippen LogP contribution in [0, 0.1) is 10.1 Å². The summed E-state index contributed by atoms with van der Waals surface area (Å²) in [6, 6.07) is 14.9. The van der Waals surface area contributed by atoms with Gasteiger partial charge in [-0.2, -0.15) is 0 Å². The summed E-state index contributed by atoms with van der Waals surface area (Å²) in [5, 5.41) is 10.8. The molecule has 0 amide bonds. The van der Waals surface area contributed by atoms with Crippen molar-refractivity contribution < 1.29 is 26.6 Å². The van der Waals surface area contributed by atoms with E-state index in [1.807, 2.05) is 19.1 Å². The highest BCUT2D eigenvalue weighted by atomic mass is 35.5. The molecule has 7 heteroatoms. The van der Waals surface area contributed by atoms with Crippen LogP contribution >= 0.6 is 0 Å². The molecular formula is C18H20ClN3O3. The molecule has 132 valence electrons. The third kappa shape index (κ3) is 4.35. The fourth-order valence-corrected chi connectivity index (χ4v) is 2.77. The molecule has 0 unspecified atom stereocenters. The highest BCUT2D eigenvalue weighted by Crippen LogP contribution is 2.14. The molecule has 3 aromatic rings. The van der Waals surface area contributed by atoms with Crippen molar-refractivity contribution in [3.63, 3.8) is 0 Å². The van der Waals surface area contributed by atoms with Gasteiger partial charge in [-0.1, -0.05) is 12.1 Å². The molecular weight excluding hydrogens is 342 g/mol. The second-order valence-corrected chi connectivity index (χ2v) is 5.55. The number of non-ortho nitro benzene ring substituents is 1. The summed E-state index contributed by atoms with van der Waals surface area (Å²) in [7, 11) is 0. The van der Waals surface area contributed by atoms with Crippen LogP contribution in [0.25, 0.3) is 11.0 Å². The van der Waals surface area contributed by atoms with Crippen LogP contribution in [0.15, 0.2) is 54.9 Å². The first-order valence-corrected chi connectivity index (χ1v) is 7.97. The van der Waals surface area contributed by atoms with Gasteiger partial charge < -0.3 is 17.1 Å². The third-order valence-electron chi connectivity index (χ3n) is 3.96. The Morgan fingerprint density at radius 2 is 1.88 bits per heavy atom. The molecule has 0 aliphatic carbocycles. The van der Waals surface area contributed by atoms with Gasteiger partial charge in [-0.3, -0.25) is 10.1 Å². The van der Waals surface area contributed by atoms with Crippen LogP contribution < -0.4 is 17.0 Å². The maximum atomic E-state index is 10.8. The van der Waals surface area contributed by atoms with Crippen LogP contribution in [0.5, 0.6) is 0 Å². The van der Waals surface area contributed by atoms with E-state index in [9.17, 15) is 10.1 Å². The van der Waals surface area contributed by atoms with Gasteiger partial charge in [0.15, 0.2) is 11.0 Å². The number of fused-ring (bicyclic) bond motifs is 1. The number of hydrogen-bond acceptors (Lipinski definition) is 3. The summed E-state index contributed by atoms with van der Waals surface area (Å²) in [5.41, 5.74) is 3.42. The van der Waals surface area contributed by atoms with Gasteiger partial charge in [0.1, 0.15) is 13.1 Å². The first kappa shape index (κ1) is 18.9.